The Morgan fingerprint density at radius 3 is 2.38 bits per heavy atom. The molecule has 0 unspecified atom stereocenters. The number of ether oxygens (including phenoxy) is 2. The standard InChI is InChI=1S/C15H22N2O3.ClH/c1-10-13(19-2)7-11(8-14(10)20-3)15(18)17-12-5-4-6-16-9-12;/h7-8,12,16H,4-6,9H2,1-3H3,(H,17,18);1H/t12-;/m1./s1. The average Bonchev–Trinajstić information content (AvgIpc) is 2.48. The zero-order valence-electron chi connectivity index (χ0n) is 12.7. The second-order valence-electron chi connectivity index (χ2n) is 5.02. The van der Waals surface area contributed by atoms with Gasteiger partial charge in [0, 0.05) is 23.7 Å². The highest BCUT2D eigenvalue weighted by atomic mass is 35.5. The van der Waals surface area contributed by atoms with Gasteiger partial charge in [0.2, 0.25) is 0 Å². The number of hydrogen-bond acceptors (Lipinski definition) is 4. The van der Waals surface area contributed by atoms with E-state index >= 15 is 0 Å². The number of benzene rings is 1. The molecule has 0 spiro atoms. The minimum atomic E-state index is -0.0877. The van der Waals surface area contributed by atoms with Gasteiger partial charge in [-0.3, -0.25) is 4.79 Å². The molecule has 1 atom stereocenters. The maximum Gasteiger partial charge on any atom is 0.251 e. The van der Waals surface area contributed by atoms with Gasteiger partial charge in [-0.2, -0.15) is 0 Å². The number of piperidine rings is 1. The Hall–Kier alpha value is -1.46. The van der Waals surface area contributed by atoms with E-state index in [2.05, 4.69) is 10.6 Å². The molecule has 0 saturated carbocycles. The number of carbonyl (C=O) groups is 1. The molecule has 1 saturated heterocycles. The van der Waals surface area contributed by atoms with Crippen LogP contribution >= 0.6 is 12.4 Å². The topological polar surface area (TPSA) is 59.6 Å². The third-order valence-electron chi connectivity index (χ3n) is 3.65. The van der Waals surface area contributed by atoms with Gasteiger partial charge in [0.15, 0.2) is 0 Å². The monoisotopic (exact) mass is 314 g/mol. The molecule has 0 bridgehead atoms. The van der Waals surface area contributed by atoms with Crippen LogP contribution in [0.5, 0.6) is 11.5 Å². The largest absolute Gasteiger partial charge is 0.496 e. The second kappa shape index (κ2) is 8.10. The number of carbonyl (C=O) groups excluding carboxylic acids is 1. The number of rotatable bonds is 4. The van der Waals surface area contributed by atoms with Gasteiger partial charge in [0.05, 0.1) is 14.2 Å². The zero-order valence-corrected chi connectivity index (χ0v) is 13.5. The highest BCUT2D eigenvalue weighted by molar-refractivity contribution is 5.95. The van der Waals surface area contributed by atoms with Crippen molar-refractivity contribution >= 4 is 18.3 Å². The van der Waals surface area contributed by atoms with Crippen molar-refractivity contribution < 1.29 is 14.3 Å². The lowest BCUT2D eigenvalue weighted by Gasteiger charge is -2.24. The molecular formula is C15H23ClN2O3. The van der Waals surface area contributed by atoms with Crippen LogP contribution in [0.4, 0.5) is 0 Å². The van der Waals surface area contributed by atoms with Crippen LogP contribution in [0.25, 0.3) is 0 Å². The summed E-state index contributed by atoms with van der Waals surface area (Å²) in [6, 6.07) is 3.70. The fraction of sp³-hybridized carbons (Fsp3) is 0.533. The highest BCUT2D eigenvalue weighted by Crippen LogP contribution is 2.29. The summed E-state index contributed by atoms with van der Waals surface area (Å²) < 4.78 is 10.6. The summed E-state index contributed by atoms with van der Waals surface area (Å²) in [6.45, 7) is 3.76. The van der Waals surface area contributed by atoms with E-state index in [9.17, 15) is 4.79 Å². The summed E-state index contributed by atoms with van der Waals surface area (Å²) >= 11 is 0. The predicted octanol–water partition coefficient (Wildman–Crippen LogP) is 1.92. The first-order chi connectivity index (χ1) is 9.65. The predicted molar refractivity (Wildman–Crippen MR) is 84.9 cm³/mol. The molecule has 2 N–H and O–H groups in total. The van der Waals surface area contributed by atoms with Gasteiger partial charge in [0.25, 0.3) is 5.91 Å². The number of amides is 1. The lowest BCUT2D eigenvalue weighted by atomic mass is 10.1. The van der Waals surface area contributed by atoms with E-state index in [4.69, 9.17) is 9.47 Å². The van der Waals surface area contributed by atoms with Crippen molar-refractivity contribution in [2.45, 2.75) is 25.8 Å². The molecule has 1 aliphatic rings. The zero-order chi connectivity index (χ0) is 14.5. The molecule has 5 nitrogen and oxygen atoms in total. The van der Waals surface area contributed by atoms with Crippen molar-refractivity contribution in [3.63, 3.8) is 0 Å². The second-order valence-corrected chi connectivity index (χ2v) is 5.02. The minimum absolute atomic E-state index is 0. The Morgan fingerprint density at radius 2 is 1.90 bits per heavy atom. The quantitative estimate of drug-likeness (QED) is 0.891. The van der Waals surface area contributed by atoms with Gasteiger partial charge >= 0.3 is 0 Å². The van der Waals surface area contributed by atoms with E-state index in [1.54, 1.807) is 26.4 Å². The van der Waals surface area contributed by atoms with Gasteiger partial charge < -0.3 is 20.1 Å². The molecule has 6 heteroatoms. The summed E-state index contributed by atoms with van der Waals surface area (Å²) in [5.41, 5.74) is 1.46. The summed E-state index contributed by atoms with van der Waals surface area (Å²) in [5.74, 6) is 1.24. The van der Waals surface area contributed by atoms with Gasteiger partial charge in [-0.25, -0.2) is 0 Å². The van der Waals surface area contributed by atoms with Crippen LogP contribution < -0.4 is 20.1 Å². The smallest absolute Gasteiger partial charge is 0.251 e. The highest BCUT2D eigenvalue weighted by Gasteiger charge is 2.18. The van der Waals surface area contributed by atoms with Crippen LogP contribution in [0.1, 0.15) is 28.8 Å². The van der Waals surface area contributed by atoms with Crippen molar-refractivity contribution in [1.82, 2.24) is 10.6 Å². The van der Waals surface area contributed by atoms with Gasteiger partial charge in [0.1, 0.15) is 11.5 Å². The van der Waals surface area contributed by atoms with Crippen LogP contribution in [0, 0.1) is 6.92 Å². The van der Waals surface area contributed by atoms with Crippen molar-refractivity contribution in [3.8, 4) is 11.5 Å². The molecule has 0 aliphatic carbocycles. The molecule has 1 aliphatic heterocycles. The Bertz CT molecular complexity index is 463. The Kier molecular flexibility index (Phi) is 6.78. The van der Waals surface area contributed by atoms with E-state index in [1.807, 2.05) is 6.92 Å². The molecule has 0 radical (unpaired) electrons. The van der Waals surface area contributed by atoms with Crippen molar-refractivity contribution in [3.05, 3.63) is 23.3 Å². The summed E-state index contributed by atoms with van der Waals surface area (Å²) in [7, 11) is 3.18. The number of nitrogens with one attached hydrogen (secondary N) is 2. The van der Waals surface area contributed by atoms with E-state index in [0.29, 0.717) is 17.1 Å². The fourth-order valence-electron chi connectivity index (χ4n) is 2.46. The number of halogens is 1. The van der Waals surface area contributed by atoms with Crippen LogP contribution in [-0.4, -0.2) is 39.3 Å². The van der Waals surface area contributed by atoms with E-state index < -0.39 is 0 Å². The number of hydrogen-bond donors (Lipinski definition) is 2. The van der Waals surface area contributed by atoms with Gasteiger partial charge in [-0.15, -0.1) is 12.4 Å². The first-order valence-corrected chi connectivity index (χ1v) is 6.90. The molecule has 1 aromatic rings. The summed E-state index contributed by atoms with van der Waals surface area (Å²) in [5, 5.41) is 6.33. The summed E-state index contributed by atoms with van der Waals surface area (Å²) in [4.78, 5) is 12.3. The first kappa shape index (κ1) is 17.6. The van der Waals surface area contributed by atoms with Crippen molar-refractivity contribution in [2.75, 3.05) is 27.3 Å². The molecule has 118 valence electrons. The van der Waals surface area contributed by atoms with E-state index in [0.717, 1.165) is 31.5 Å². The molecule has 0 aromatic heterocycles. The van der Waals surface area contributed by atoms with Crippen molar-refractivity contribution in [2.24, 2.45) is 0 Å². The normalized spacial score (nSPS) is 17.6. The molecule has 21 heavy (non-hydrogen) atoms. The van der Waals surface area contributed by atoms with Crippen LogP contribution in [-0.2, 0) is 0 Å². The van der Waals surface area contributed by atoms with Crippen LogP contribution in [0.2, 0.25) is 0 Å². The molecule has 1 aromatic carbocycles. The summed E-state index contributed by atoms with van der Waals surface area (Å²) in [6.07, 6.45) is 2.10. The van der Waals surface area contributed by atoms with Gasteiger partial charge in [-0.05, 0) is 38.4 Å². The third-order valence-corrected chi connectivity index (χ3v) is 3.65. The molecule has 1 amide bonds. The lowest BCUT2D eigenvalue weighted by molar-refractivity contribution is 0.0930. The molecule has 1 heterocycles. The SMILES string of the molecule is COc1cc(C(=O)N[C@@H]2CCCNC2)cc(OC)c1C.Cl. The lowest BCUT2D eigenvalue weighted by Crippen LogP contribution is -2.45. The number of methoxy groups -OCH3 is 2. The molecule has 2 rings (SSSR count). The van der Waals surface area contributed by atoms with Gasteiger partial charge in [-0.1, -0.05) is 0 Å². The first-order valence-electron chi connectivity index (χ1n) is 6.90. The molecular weight excluding hydrogens is 292 g/mol. The third kappa shape index (κ3) is 4.25. The van der Waals surface area contributed by atoms with E-state index in [-0.39, 0.29) is 24.4 Å². The maximum absolute atomic E-state index is 12.3. The minimum Gasteiger partial charge on any atom is -0.496 e. The van der Waals surface area contributed by atoms with Crippen LogP contribution in [0.15, 0.2) is 12.1 Å². The van der Waals surface area contributed by atoms with E-state index in [1.165, 1.54) is 0 Å². The Labute approximate surface area is 131 Å². The Morgan fingerprint density at radius 1 is 1.29 bits per heavy atom. The average molecular weight is 315 g/mol. The van der Waals surface area contributed by atoms with Crippen molar-refractivity contribution in [1.29, 1.82) is 0 Å². The Balaban J connectivity index is 0.00000220. The van der Waals surface area contributed by atoms with Crippen LogP contribution in [0.3, 0.4) is 0 Å². The maximum atomic E-state index is 12.3. The fourth-order valence-corrected chi connectivity index (χ4v) is 2.46. The molecule has 1 fully saturated rings.